The number of H-pyrrole nitrogens is 1. The molecule has 2 heterocycles. The van der Waals surface area contributed by atoms with Crippen LogP contribution in [0.5, 0.6) is 0 Å². The topological polar surface area (TPSA) is 79.5 Å². The van der Waals surface area contributed by atoms with Gasteiger partial charge in [0, 0.05) is 10.9 Å². The minimum absolute atomic E-state index is 0.0276. The number of fused-ring (bicyclic) bond motifs is 2. The molecule has 2 aromatic carbocycles. The third-order valence-electron chi connectivity index (χ3n) is 4.64. The number of nitrogens with zero attached hydrogens (tertiary/aromatic N) is 1. The molecule has 0 radical (unpaired) electrons. The molecule has 4 rings (SSSR count). The molecule has 1 aromatic heterocycles. The second kappa shape index (κ2) is 5.81. The number of benzene rings is 2. The summed E-state index contributed by atoms with van der Waals surface area (Å²) >= 11 is 0. The highest BCUT2D eigenvalue weighted by atomic mass is 16.7. The summed E-state index contributed by atoms with van der Waals surface area (Å²) in [4.78, 5) is 45.2. The van der Waals surface area contributed by atoms with Gasteiger partial charge < -0.3 is 9.82 Å². The minimum atomic E-state index is -0.794. The van der Waals surface area contributed by atoms with Gasteiger partial charge in [-0.25, -0.2) is 4.79 Å². The van der Waals surface area contributed by atoms with Crippen LogP contribution in [-0.2, 0) is 10.3 Å². The molecule has 3 aromatic rings. The Hall–Kier alpha value is -3.41. The van der Waals surface area contributed by atoms with Gasteiger partial charge in [-0.05, 0) is 35.2 Å². The highest BCUT2D eigenvalue weighted by molar-refractivity contribution is 6.21. The van der Waals surface area contributed by atoms with Crippen LogP contribution in [0, 0.1) is 0 Å². The summed E-state index contributed by atoms with van der Waals surface area (Å²) in [5.41, 5.74) is 2.50. The van der Waals surface area contributed by atoms with Crippen LogP contribution in [-0.4, -0.2) is 27.8 Å². The molecule has 0 bridgehead atoms. The van der Waals surface area contributed by atoms with Gasteiger partial charge in [0.1, 0.15) is 5.69 Å². The van der Waals surface area contributed by atoms with E-state index < -0.39 is 17.8 Å². The molecule has 6 heteroatoms. The summed E-state index contributed by atoms with van der Waals surface area (Å²) in [6.45, 7) is 6.32. The Bertz CT molecular complexity index is 1070. The predicted molar refractivity (Wildman–Crippen MR) is 99.4 cm³/mol. The van der Waals surface area contributed by atoms with Gasteiger partial charge in [-0.1, -0.05) is 50.1 Å². The lowest BCUT2D eigenvalue weighted by Gasteiger charge is -2.18. The molecular formula is C21H18N2O4. The molecule has 6 nitrogen and oxygen atoms in total. The summed E-state index contributed by atoms with van der Waals surface area (Å²) in [7, 11) is 0. The van der Waals surface area contributed by atoms with E-state index in [1.54, 1.807) is 18.2 Å². The maximum atomic E-state index is 12.5. The third kappa shape index (κ3) is 2.79. The summed E-state index contributed by atoms with van der Waals surface area (Å²) in [5.74, 6) is -2.08. The van der Waals surface area contributed by atoms with Crippen LogP contribution in [0.15, 0.2) is 48.5 Å². The molecule has 0 fully saturated rings. The van der Waals surface area contributed by atoms with Gasteiger partial charge >= 0.3 is 5.97 Å². The van der Waals surface area contributed by atoms with E-state index in [9.17, 15) is 14.4 Å². The summed E-state index contributed by atoms with van der Waals surface area (Å²) in [6.07, 6.45) is 0. The Kier molecular flexibility index (Phi) is 3.66. The molecule has 0 unspecified atom stereocenters. The lowest BCUT2D eigenvalue weighted by molar-refractivity contribution is -0.0587. The maximum absolute atomic E-state index is 12.5. The third-order valence-corrected chi connectivity index (χ3v) is 4.64. The van der Waals surface area contributed by atoms with E-state index in [0.717, 1.165) is 16.5 Å². The van der Waals surface area contributed by atoms with E-state index >= 15 is 0 Å². The van der Waals surface area contributed by atoms with E-state index in [0.29, 0.717) is 5.06 Å². The fraction of sp³-hybridized carbons (Fsp3) is 0.190. The van der Waals surface area contributed by atoms with Gasteiger partial charge in [0.15, 0.2) is 0 Å². The van der Waals surface area contributed by atoms with Crippen LogP contribution in [0.1, 0.15) is 57.5 Å². The van der Waals surface area contributed by atoms with Crippen LogP contribution in [0.25, 0.3) is 10.9 Å². The van der Waals surface area contributed by atoms with E-state index in [1.807, 2.05) is 18.2 Å². The number of amides is 2. The largest absolute Gasteiger partial charge is 0.380 e. The lowest BCUT2D eigenvalue weighted by atomic mass is 9.87. The summed E-state index contributed by atoms with van der Waals surface area (Å²) < 4.78 is 0. The monoisotopic (exact) mass is 362 g/mol. The fourth-order valence-electron chi connectivity index (χ4n) is 3.09. The number of carbonyl (C=O) groups is 3. The Morgan fingerprint density at radius 3 is 2.19 bits per heavy atom. The molecule has 0 atom stereocenters. The molecule has 136 valence electrons. The number of carbonyl (C=O) groups excluding carboxylic acids is 3. The van der Waals surface area contributed by atoms with Crippen LogP contribution in [0.2, 0.25) is 0 Å². The average molecular weight is 362 g/mol. The van der Waals surface area contributed by atoms with Crippen molar-refractivity contribution >= 4 is 28.7 Å². The van der Waals surface area contributed by atoms with Crippen molar-refractivity contribution in [1.82, 2.24) is 10.0 Å². The SMILES string of the molecule is CC(C)(C)c1ccc2cc(C(=O)ON3C(=O)c4ccccc4C3=O)[nH]c2c1. The van der Waals surface area contributed by atoms with Crippen LogP contribution >= 0.6 is 0 Å². The Morgan fingerprint density at radius 2 is 1.59 bits per heavy atom. The Morgan fingerprint density at radius 1 is 0.963 bits per heavy atom. The molecule has 1 N–H and O–H groups in total. The first-order valence-corrected chi connectivity index (χ1v) is 8.59. The number of nitrogens with one attached hydrogen (secondary N) is 1. The lowest BCUT2D eigenvalue weighted by Crippen LogP contribution is -2.32. The maximum Gasteiger partial charge on any atom is 0.380 e. The average Bonchev–Trinajstić information content (AvgIpc) is 3.16. The van der Waals surface area contributed by atoms with Gasteiger partial charge in [0.2, 0.25) is 0 Å². The second-order valence-corrected chi connectivity index (χ2v) is 7.56. The molecule has 0 saturated heterocycles. The smallest absolute Gasteiger partial charge is 0.349 e. The predicted octanol–water partition coefficient (Wildman–Crippen LogP) is 3.83. The zero-order valence-electron chi connectivity index (χ0n) is 15.2. The number of hydrogen-bond donors (Lipinski definition) is 1. The first-order chi connectivity index (χ1) is 12.8. The number of hydroxylamine groups is 2. The van der Waals surface area contributed by atoms with Crippen molar-refractivity contribution in [3.8, 4) is 0 Å². The summed E-state index contributed by atoms with van der Waals surface area (Å²) in [6, 6.07) is 13.9. The van der Waals surface area contributed by atoms with Crippen molar-refractivity contribution in [2.24, 2.45) is 0 Å². The molecule has 0 spiro atoms. The van der Waals surface area contributed by atoms with Gasteiger partial charge in [-0.3, -0.25) is 9.59 Å². The summed E-state index contributed by atoms with van der Waals surface area (Å²) in [5, 5.41) is 1.36. The molecule has 2 amide bonds. The van der Waals surface area contributed by atoms with Crippen LogP contribution in [0.4, 0.5) is 0 Å². The number of aromatic nitrogens is 1. The Balaban J connectivity index is 1.61. The van der Waals surface area contributed by atoms with Crippen molar-refractivity contribution in [3.05, 3.63) is 70.9 Å². The molecule has 0 aliphatic carbocycles. The van der Waals surface area contributed by atoms with Crippen molar-refractivity contribution in [3.63, 3.8) is 0 Å². The molecule has 0 saturated carbocycles. The zero-order chi connectivity index (χ0) is 19.3. The number of imide groups is 1. The molecule has 1 aliphatic rings. The van der Waals surface area contributed by atoms with Gasteiger partial charge in [-0.2, -0.15) is 0 Å². The van der Waals surface area contributed by atoms with E-state index in [2.05, 4.69) is 25.8 Å². The Labute approximate surface area is 155 Å². The minimum Gasteiger partial charge on any atom is -0.349 e. The van der Waals surface area contributed by atoms with Crippen molar-refractivity contribution in [2.75, 3.05) is 0 Å². The van der Waals surface area contributed by atoms with E-state index in [4.69, 9.17) is 4.84 Å². The quantitative estimate of drug-likeness (QED) is 0.703. The van der Waals surface area contributed by atoms with E-state index in [1.165, 1.54) is 12.1 Å². The first-order valence-electron chi connectivity index (χ1n) is 8.59. The van der Waals surface area contributed by atoms with Crippen molar-refractivity contribution < 1.29 is 19.2 Å². The standard InChI is InChI=1S/C21H18N2O4/c1-21(2,3)13-9-8-12-10-17(22-16(12)11-13)20(26)27-23-18(24)14-6-4-5-7-15(14)19(23)25/h4-11,22H,1-3H3. The molecule has 27 heavy (non-hydrogen) atoms. The first kappa shape index (κ1) is 17.0. The van der Waals surface area contributed by atoms with Crippen LogP contribution in [0.3, 0.4) is 0 Å². The van der Waals surface area contributed by atoms with Gasteiger partial charge in [-0.15, -0.1) is 0 Å². The van der Waals surface area contributed by atoms with Crippen LogP contribution < -0.4 is 0 Å². The van der Waals surface area contributed by atoms with Crippen molar-refractivity contribution in [1.29, 1.82) is 0 Å². The number of hydrogen-bond acceptors (Lipinski definition) is 4. The van der Waals surface area contributed by atoms with Gasteiger partial charge in [0.05, 0.1) is 11.1 Å². The van der Waals surface area contributed by atoms with E-state index in [-0.39, 0.29) is 22.2 Å². The van der Waals surface area contributed by atoms with Crippen molar-refractivity contribution in [2.45, 2.75) is 26.2 Å². The number of aromatic amines is 1. The second-order valence-electron chi connectivity index (χ2n) is 7.56. The normalized spacial score (nSPS) is 14.0. The number of rotatable bonds is 2. The zero-order valence-corrected chi connectivity index (χ0v) is 15.2. The molecular weight excluding hydrogens is 344 g/mol. The fourth-order valence-corrected chi connectivity index (χ4v) is 3.09. The highest BCUT2D eigenvalue weighted by Crippen LogP contribution is 2.27. The van der Waals surface area contributed by atoms with Gasteiger partial charge in [0.25, 0.3) is 11.8 Å². The highest BCUT2D eigenvalue weighted by Gasteiger charge is 2.39. The molecule has 1 aliphatic heterocycles.